The summed E-state index contributed by atoms with van der Waals surface area (Å²) in [4.78, 5) is 18.0. The first-order valence-electron chi connectivity index (χ1n) is 7.21. The lowest BCUT2D eigenvalue weighted by Crippen LogP contribution is -2.49. The summed E-state index contributed by atoms with van der Waals surface area (Å²) in [6.45, 7) is 1.40. The topological polar surface area (TPSA) is 83.7 Å². The number of sulfonamides is 1. The molecule has 122 valence electrons. The molecule has 0 spiro atoms. The Kier molecular flexibility index (Phi) is 4.18. The van der Waals surface area contributed by atoms with Gasteiger partial charge < -0.3 is 9.32 Å². The average Bonchev–Trinajstić information content (AvgIpc) is 2.95. The number of benzene rings is 1. The highest BCUT2D eigenvalue weighted by atomic mass is 32.2. The van der Waals surface area contributed by atoms with E-state index in [4.69, 9.17) is 4.42 Å². The number of fused-ring (bicyclic) bond motifs is 1. The average molecular weight is 335 g/mol. The van der Waals surface area contributed by atoms with E-state index in [9.17, 15) is 13.2 Å². The van der Waals surface area contributed by atoms with E-state index in [2.05, 4.69) is 4.98 Å². The zero-order chi connectivity index (χ0) is 16.4. The lowest BCUT2D eigenvalue weighted by atomic mass is 10.3. The van der Waals surface area contributed by atoms with Gasteiger partial charge in [0.25, 0.3) is 0 Å². The maximum absolute atomic E-state index is 12.1. The number of carbonyl (C=O) groups is 1. The predicted octanol–water partition coefficient (Wildman–Crippen LogP) is 0.945. The van der Waals surface area contributed by atoms with E-state index in [0.717, 1.165) is 5.52 Å². The minimum absolute atomic E-state index is 0.180. The fraction of sp³-hybridized carbons (Fsp3) is 0.333. The van der Waals surface area contributed by atoms with Crippen LogP contribution in [0.4, 0.5) is 0 Å². The summed E-state index contributed by atoms with van der Waals surface area (Å²) in [6.07, 6.45) is 4.11. The molecule has 0 unspecified atom stereocenters. The summed E-state index contributed by atoms with van der Waals surface area (Å²) in [6, 6.07) is 7.37. The summed E-state index contributed by atoms with van der Waals surface area (Å²) in [7, 11) is -3.19. The van der Waals surface area contributed by atoms with Gasteiger partial charge in [0.1, 0.15) is 5.52 Å². The van der Waals surface area contributed by atoms with Crippen molar-refractivity contribution >= 4 is 33.1 Å². The molecule has 1 aromatic heterocycles. The van der Waals surface area contributed by atoms with Crippen LogP contribution in [0, 0.1) is 0 Å². The fourth-order valence-corrected chi connectivity index (χ4v) is 3.28. The third-order valence-corrected chi connectivity index (χ3v) is 5.00. The molecule has 0 N–H and O–H groups in total. The van der Waals surface area contributed by atoms with Gasteiger partial charge in [-0.25, -0.2) is 13.4 Å². The molecule has 7 nitrogen and oxygen atoms in total. The maximum atomic E-state index is 12.1. The Morgan fingerprint density at radius 1 is 1.22 bits per heavy atom. The number of amides is 1. The smallest absolute Gasteiger partial charge is 0.246 e. The Balaban J connectivity index is 1.63. The minimum Gasteiger partial charge on any atom is -0.437 e. The number of rotatable bonds is 3. The van der Waals surface area contributed by atoms with Crippen LogP contribution in [0.3, 0.4) is 0 Å². The van der Waals surface area contributed by atoms with Crippen molar-refractivity contribution in [2.45, 2.75) is 0 Å². The van der Waals surface area contributed by atoms with Crippen LogP contribution < -0.4 is 0 Å². The normalized spacial score (nSPS) is 17.2. The van der Waals surface area contributed by atoms with Crippen LogP contribution in [-0.4, -0.2) is 60.9 Å². The van der Waals surface area contributed by atoms with E-state index < -0.39 is 10.0 Å². The van der Waals surface area contributed by atoms with Crippen molar-refractivity contribution in [3.63, 3.8) is 0 Å². The van der Waals surface area contributed by atoms with Crippen LogP contribution in [-0.2, 0) is 14.8 Å². The molecule has 0 aliphatic carbocycles. The Morgan fingerprint density at radius 3 is 2.57 bits per heavy atom. The van der Waals surface area contributed by atoms with Crippen LogP contribution >= 0.6 is 0 Å². The lowest BCUT2D eigenvalue weighted by molar-refractivity contribution is -0.127. The molecular formula is C15H17N3O4S. The van der Waals surface area contributed by atoms with Crippen LogP contribution in [0.25, 0.3) is 17.2 Å². The predicted molar refractivity (Wildman–Crippen MR) is 86.0 cm³/mol. The Labute approximate surface area is 134 Å². The second-order valence-corrected chi connectivity index (χ2v) is 7.32. The molecule has 8 heteroatoms. The molecule has 0 radical (unpaired) electrons. The van der Waals surface area contributed by atoms with Crippen molar-refractivity contribution in [3.05, 3.63) is 36.2 Å². The summed E-state index contributed by atoms with van der Waals surface area (Å²) < 4.78 is 29.8. The SMILES string of the molecule is CS(=O)(=O)N1CCN(C(=O)/C=C/c2nc3ccccc3o2)CC1. The number of hydrogen-bond donors (Lipinski definition) is 0. The molecule has 23 heavy (non-hydrogen) atoms. The zero-order valence-electron chi connectivity index (χ0n) is 12.7. The number of nitrogens with zero attached hydrogens (tertiary/aromatic N) is 3. The van der Waals surface area contributed by atoms with Crippen LogP contribution in [0.15, 0.2) is 34.8 Å². The Morgan fingerprint density at radius 2 is 1.91 bits per heavy atom. The monoisotopic (exact) mass is 335 g/mol. The Bertz CT molecular complexity index is 815. The fourth-order valence-electron chi connectivity index (χ4n) is 2.45. The molecular weight excluding hydrogens is 318 g/mol. The van der Waals surface area contributed by atoms with Crippen LogP contribution in [0.2, 0.25) is 0 Å². The molecule has 0 bridgehead atoms. The van der Waals surface area contributed by atoms with E-state index in [1.165, 1.54) is 22.7 Å². The highest BCUT2D eigenvalue weighted by Gasteiger charge is 2.24. The van der Waals surface area contributed by atoms with Crippen molar-refractivity contribution in [1.82, 2.24) is 14.2 Å². The van der Waals surface area contributed by atoms with Crippen molar-refractivity contribution in [3.8, 4) is 0 Å². The van der Waals surface area contributed by atoms with Gasteiger partial charge in [-0.15, -0.1) is 0 Å². The van der Waals surface area contributed by atoms with Crippen molar-refractivity contribution in [2.24, 2.45) is 0 Å². The van der Waals surface area contributed by atoms with E-state index >= 15 is 0 Å². The van der Waals surface area contributed by atoms with Gasteiger partial charge in [0, 0.05) is 38.3 Å². The summed E-state index contributed by atoms with van der Waals surface area (Å²) in [5, 5.41) is 0. The highest BCUT2D eigenvalue weighted by molar-refractivity contribution is 7.88. The van der Waals surface area contributed by atoms with Gasteiger partial charge in [-0.2, -0.15) is 4.31 Å². The zero-order valence-corrected chi connectivity index (χ0v) is 13.5. The van der Waals surface area contributed by atoms with E-state index in [0.29, 0.717) is 37.7 Å². The number of oxazole rings is 1. The van der Waals surface area contributed by atoms with Crippen molar-refractivity contribution in [2.75, 3.05) is 32.4 Å². The third-order valence-electron chi connectivity index (χ3n) is 3.70. The number of carbonyl (C=O) groups excluding carboxylic acids is 1. The van der Waals surface area contributed by atoms with E-state index in [1.807, 2.05) is 24.3 Å². The molecule has 1 amide bonds. The second kappa shape index (κ2) is 6.13. The first kappa shape index (κ1) is 15.7. The van der Waals surface area contributed by atoms with Crippen LogP contribution in [0.1, 0.15) is 5.89 Å². The summed E-state index contributed by atoms with van der Waals surface area (Å²) >= 11 is 0. The maximum Gasteiger partial charge on any atom is 0.246 e. The first-order chi connectivity index (χ1) is 10.9. The molecule has 3 rings (SSSR count). The largest absolute Gasteiger partial charge is 0.437 e. The molecule has 0 atom stereocenters. The molecule has 1 aliphatic rings. The number of hydrogen-bond acceptors (Lipinski definition) is 5. The molecule has 1 fully saturated rings. The minimum atomic E-state index is -3.19. The number of para-hydroxylation sites is 2. The van der Waals surface area contributed by atoms with Gasteiger partial charge in [-0.05, 0) is 12.1 Å². The second-order valence-electron chi connectivity index (χ2n) is 5.34. The highest BCUT2D eigenvalue weighted by Crippen LogP contribution is 2.15. The van der Waals surface area contributed by atoms with Gasteiger partial charge in [0.05, 0.1) is 6.26 Å². The van der Waals surface area contributed by atoms with Gasteiger partial charge in [0.15, 0.2) is 5.58 Å². The molecule has 1 saturated heterocycles. The quantitative estimate of drug-likeness (QED) is 0.780. The van der Waals surface area contributed by atoms with Crippen molar-refractivity contribution in [1.29, 1.82) is 0 Å². The molecule has 0 saturated carbocycles. The van der Waals surface area contributed by atoms with Gasteiger partial charge in [-0.3, -0.25) is 4.79 Å². The van der Waals surface area contributed by atoms with E-state index in [-0.39, 0.29) is 5.91 Å². The summed E-state index contributed by atoms with van der Waals surface area (Å²) in [5.41, 5.74) is 1.41. The van der Waals surface area contributed by atoms with E-state index in [1.54, 1.807) is 4.90 Å². The Hall–Kier alpha value is -2.19. The first-order valence-corrected chi connectivity index (χ1v) is 9.06. The molecule has 2 aromatic rings. The van der Waals surface area contributed by atoms with Crippen LogP contribution in [0.5, 0.6) is 0 Å². The third kappa shape index (κ3) is 3.59. The molecule has 1 aromatic carbocycles. The van der Waals surface area contributed by atoms with Gasteiger partial charge >= 0.3 is 0 Å². The molecule has 2 heterocycles. The number of piperazine rings is 1. The van der Waals surface area contributed by atoms with Gasteiger partial charge in [0.2, 0.25) is 21.8 Å². The number of aromatic nitrogens is 1. The molecule has 1 aliphatic heterocycles. The summed E-state index contributed by atoms with van der Waals surface area (Å²) in [5.74, 6) is 0.190. The lowest BCUT2D eigenvalue weighted by Gasteiger charge is -2.32. The standard InChI is InChI=1S/C15H17N3O4S/c1-23(20,21)18-10-8-17(9-11-18)15(19)7-6-14-16-12-4-2-3-5-13(12)22-14/h2-7H,8-11H2,1H3/b7-6+. The van der Waals surface area contributed by atoms with Crippen molar-refractivity contribution < 1.29 is 17.6 Å². The van der Waals surface area contributed by atoms with Gasteiger partial charge in [-0.1, -0.05) is 12.1 Å².